The van der Waals surface area contributed by atoms with Crippen molar-refractivity contribution < 1.29 is 14.2 Å². The van der Waals surface area contributed by atoms with E-state index in [0.717, 1.165) is 63.3 Å². The lowest BCUT2D eigenvalue weighted by Crippen LogP contribution is -2.35. The molecule has 4 heteroatoms. The van der Waals surface area contributed by atoms with E-state index in [9.17, 15) is 0 Å². The maximum Gasteiger partial charge on any atom is 0.177 e. The van der Waals surface area contributed by atoms with Crippen LogP contribution in [-0.4, -0.2) is 28.3 Å². The van der Waals surface area contributed by atoms with Gasteiger partial charge < -0.3 is 19.1 Å². The van der Waals surface area contributed by atoms with E-state index in [1.54, 1.807) is 14.2 Å². The molecule has 1 heterocycles. The number of ether oxygens (including phenoxy) is 3. The van der Waals surface area contributed by atoms with Gasteiger partial charge in [0.25, 0.3) is 0 Å². The second-order valence-corrected chi connectivity index (χ2v) is 10.0. The number of hydrogen-bond donors (Lipinski definition) is 0. The molecule has 0 radical (unpaired) electrons. The molecule has 1 aliphatic carbocycles. The molecule has 0 spiro atoms. The highest BCUT2D eigenvalue weighted by molar-refractivity contribution is 5.99. The van der Waals surface area contributed by atoms with Crippen molar-refractivity contribution in [3.63, 3.8) is 0 Å². The first-order valence-corrected chi connectivity index (χ1v) is 12.6. The summed E-state index contributed by atoms with van der Waals surface area (Å²) >= 11 is 0. The molecule has 0 N–H and O–H groups in total. The third-order valence-electron chi connectivity index (χ3n) is 7.28. The van der Waals surface area contributed by atoms with Gasteiger partial charge >= 0.3 is 0 Å². The van der Waals surface area contributed by atoms with Crippen LogP contribution in [0.25, 0.3) is 16.8 Å². The largest absolute Gasteiger partial charge is 0.497 e. The van der Waals surface area contributed by atoms with Crippen molar-refractivity contribution in [3.05, 3.63) is 89.0 Å². The van der Waals surface area contributed by atoms with Crippen LogP contribution in [0.5, 0.6) is 17.2 Å². The molecule has 186 valence electrons. The van der Waals surface area contributed by atoms with Crippen LogP contribution < -0.4 is 19.1 Å². The Balaban J connectivity index is 1.79. The standard InChI is InChI=1S/C32H35NO3/c1-21(2)27-20-28-29(18-25(34-5)19-30(28)35-6)31-26(27)16-17-32(36-31,22-10-8-7-9-11-22)23-12-14-24(15-13-23)33(3)4/h8,10-21H,7,9H2,1-6H3. The van der Waals surface area contributed by atoms with Crippen molar-refractivity contribution >= 4 is 22.5 Å². The first kappa shape index (κ1) is 24.1. The molecule has 5 rings (SSSR count). The van der Waals surface area contributed by atoms with Gasteiger partial charge in [-0.25, -0.2) is 0 Å². The van der Waals surface area contributed by atoms with Crippen LogP contribution in [0, 0.1) is 0 Å². The van der Waals surface area contributed by atoms with Gasteiger partial charge in [-0.15, -0.1) is 0 Å². The molecule has 0 aromatic heterocycles. The lowest BCUT2D eigenvalue weighted by atomic mass is 9.79. The van der Waals surface area contributed by atoms with E-state index in [1.807, 2.05) is 6.07 Å². The molecule has 1 atom stereocenters. The highest BCUT2D eigenvalue weighted by atomic mass is 16.5. The average molecular weight is 482 g/mol. The van der Waals surface area contributed by atoms with E-state index in [-0.39, 0.29) is 0 Å². The van der Waals surface area contributed by atoms with Crippen molar-refractivity contribution in [2.75, 3.05) is 33.2 Å². The van der Waals surface area contributed by atoms with Crippen LogP contribution >= 0.6 is 0 Å². The van der Waals surface area contributed by atoms with Crippen LogP contribution in [0.15, 0.2) is 72.3 Å². The van der Waals surface area contributed by atoms with Gasteiger partial charge in [0.2, 0.25) is 0 Å². The van der Waals surface area contributed by atoms with Crippen LogP contribution in [-0.2, 0) is 5.60 Å². The number of benzene rings is 3. The van der Waals surface area contributed by atoms with Gasteiger partial charge in [-0.1, -0.05) is 50.3 Å². The van der Waals surface area contributed by atoms with Gasteiger partial charge in [-0.05, 0) is 60.2 Å². The zero-order chi connectivity index (χ0) is 25.4. The quantitative estimate of drug-likeness (QED) is 0.362. The maximum atomic E-state index is 7.22. The minimum Gasteiger partial charge on any atom is -0.497 e. The summed E-state index contributed by atoms with van der Waals surface area (Å²) in [5, 5.41) is 2.02. The van der Waals surface area contributed by atoms with Gasteiger partial charge in [0.15, 0.2) is 5.60 Å². The number of hydrogen-bond acceptors (Lipinski definition) is 4. The van der Waals surface area contributed by atoms with Crippen LogP contribution in [0.4, 0.5) is 5.69 Å². The summed E-state index contributed by atoms with van der Waals surface area (Å²) in [6.45, 7) is 4.44. The Labute approximate surface area is 214 Å². The summed E-state index contributed by atoms with van der Waals surface area (Å²) < 4.78 is 18.7. The van der Waals surface area contributed by atoms with Crippen molar-refractivity contribution in [1.29, 1.82) is 0 Å². The molecule has 3 aromatic carbocycles. The van der Waals surface area contributed by atoms with E-state index in [4.69, 9.17) is 14.2 Å². The Morgan fingerprint density at radius 1 is 0.917 bits per heavy atom. The molecule has 36 heavy (non-hydrogen) atoms. The average Bonchev–Trinajstić information content (AvgIpc) is 2.92. The Kier molecular flexibility index (Phi) is 6.29. The van der Waals surface area contributed by atoms with Crippen LogP contribution in [0.1, 0.15) is 49.3 Å². The van der Waals surface area contributed by atoms with Gasteiger partial charge in [-0.2, -0.15) is 0 Å². The predicted octanol–water partition coefficient (Wildman–Crippen LogP) is 7.62. The molecule has 1 aliphatic heterocycles. The molecule has 0 amide bonds. The summed E-state index contributed by atoms with van der Waals surface area (Å²) in [5.41, 5.74) is 5.05. The number of rotatable bonds is 6. The molecule has 3 aromatic rings. The van der Waals surface area contributed by atoms with E-state index in [1.165, 1.54) is 5.56 Å². The monoisotopic (exact) mass is 481 g/mol. The Bertz CT molecular complexity index is 1380. The Morgan fingerprint density at radius 3 is 2.31 bits per heavy atom. The summed E-state index contributed by atoms with van der Waals surface area (Å²) in [7, 11) is 7.51. The number of nitrogens with zero attached hydrogens (tertiary/aromatic N) is 1. The predicted molar refractivity (Wildman–Crippen MR) is 150 cm³/mol. The number of methoxy groups -OCH3 is 2. The third-order valence-corrected chi connectivity index (χ3v) is 7.28. The molecule has 1 unspecified atom stereocenters. The highest BCUT2D eigenvalue weighted by Gasteiger charge is 2.39. The zero-order valence-electron chi connectivity index (χ0n) is 22.1. The molecule has 4 nitrogen and oxygen atoms in total. The zero-order valence-corrected chi connectivity index (χ0v) is 22.1. The summed E-state index contributed by atoms with van der Waals surface area (Å²) in [5.74, 6) is 2.72. The molecule has 0 saturated carbocycles. The summed E-state index contributed by atoms with van der Waals surface area (Å²) in [6, 6.07) is 14.9. The van der Waals surface area contributed by atoms with Crippen LogP contribution in [0.2, 0.25) is 0 Å². The van der Waals surface area contributed by atoms with E-state index in [0.29, 0.717) is 5.92 Å². The summed E-state index contributed by atoms with van der Waals surface area (Å²) in [4.78, 5) is 2.12. The van der Waals surface area contributed by atoms with Gasteiger partial charge in [0.1, 0.15) is 17.2 Å². The molecule has 0 saturated heterocycles. The first-order chi connectivity index (χ1) is 17.4. The molecular weight excluding hydrogens is 446 g/mol. The second-order valence-electron chi connectivity index (χ2n) is 10.0. The molecule has 0 fully saturated rings. The molecule has 0 bridgehead atoms. The highest BCUT2D eigenvalue weighted by Crippen LogP contribution is 2.50. The fourth-order valence-corrected chi connectivity index (χ4v) is 5.26. The molecule has 2 aliphatic rings. The number of anilines is 1. The van der Waals surface area contributed by atoms with E-state index >= 15 is 0 Å². The molecular formula is C32H35NO3. The van der Waals surface area contributed by atoms with E-state index < -0.39 is 5.60 Å². The van der Waals surface area contributed by atoms with Gasteiger partial charge in [-0.3, -0.25) is 0 Å². The maximum absolute atomic E-state index is 7.22. The van der Waals surface area contributed by atoms with Crippen molar-refractivity contribution in [3.8, 4) is 17.2 Å². The second kappa shape index (κ2) is 9.42. The van der Waals surface area contributed by atoms with Gasteiger partial charge in [0, 0.05) is 47.7 Å². The Morgan fingerprint density at radius 2 is 1.69 bits per heavy atom. The Hall–Kier alpha value is -3.66. The lowest BCUT2D eigenvalue weighted by molar-refractivity contribution is 0.162. The van der Waals surface area contributed by atoms with E-state index in [2.05, 4.69) is 99.6 Å². The normalized spacial score (nSPS) is 18.6. The van der Waals surface area contributed by atoms with Crippen molar-refractivity contribution in [2.24, 2.45) is 0 Å². The van der Waals surface area contributed by atoms with Gasteiger partial charge in [0.05, 0.1) is 14.2 Å². The fraction of sp³-hybridized carbons (Fsp3) is 0.312. The topological polar surface area (TPSA) is 30.9 Å². The minimum atomic E-state index is -0.729. The smallest absolute Gasteiger partial charge is 0.177 e. The van der Waals surface area contributed by atoms with Crippen molar-refractivity contribution in [1.82, 2.24) is 0 Å². The SMILES string of the molecule is COc1cc(OC)c2cc(C(C)C)c3c(c2c1)OC(C1=CCCC=C1)(c1ccc(N(C)C)cc1)C=C3. The van der Waals surface area contributed by atoms with Crippen LogP contribution in [0.3, 0.4) is 0 Å². The fourth-order valence-electron chi connectivity index (χ4n) is 5.26. The number of allylic oxidation sites excluding steroid dienone is 2. The minimum absolute atomic E-state index is 0.323. The lowest BCUT2D eigenvalue weighted by Gasteiger charge is -2.39. The third kappa shape index (κ3) is 3.95. The summed E-state index contributed by atoms with van der Waals surface area (Å²) in [6.07, 6.45) is 13.3. The first-order valence-electron chi connectivity index (χ1n) is 12.6. The van der Waals surface area contributed by atoms with Crippen molar-refractivity contribution in [2.45, 2.75) is 38.2 Å². The number of fused-ring (bicyclic) bond motifs is 3.